The van der Waals surface area contributed by atoms with Crippen LogP contribution in [-0.2, 0) is 4.79 Å². The third-order valence-corrected chi connectivity index (χ3v) is 4.26. The van der Waals surface area contributed by atoms with Crippen LogP contribution < -0.4 is 11.1 Å². The number of amides is 1. The number of aliphatic carboxylic acids is 1. The lowest BCUT2D eigenvalue weighted by Gasteiger charge is -2.33. The van der Waals surface area contributed by atoms with Gasteiger partial charge in [-0.2, -0.15) is 0 Å². The minimum atomic E-state index is -0.789. The third-order valence-electron chi connectivity index (χ3n) is 4.26. The van der Waals surface area contributed by atoms with Gasteiger partial charge >= 0.3 is 5.97 Å². The largest absolute Gasteiger partial charge is 0.481 e. The molecule has 2 rings (SSSR count). The molecule has 114 valence electrons. The Morgan fingerprint density at radius 2 is 2.05 bits per heavy atom. The number of pyridine rings is 1. The minimum absolute atomic E-state index is 0.263. The van der Waals surface area contributed by atoms with Crippen molar-refractivity contribution in [1.29, 1.82) is 0 Å². The summed E-state index contributed by atoms with van der Waals surface area (Å²) in [6.45, 7) is 2.04. The number of nitrogens with zero attached hydrogens (tertiary/aromatic N) is 1. The highest BCUT2D eigenvalue weighted by Crippen LogP contribution is 2.37. The van der Waals surface area contributed by atoms with Crippen LogP contribution in [0.2, 0.25) is 0 Å². The van der Waals surface area contributed by atoms with Crippen molar-refractivity contribution < 1.29 is 14.7 Å². The first-order chi connectivity index (χ1) is 9.96. The highest BCUT2D eigenvalue weighted by atomic mass is 16.4. The molecule has 0 radical (unpaired) electrons. The first kappa shape index (κ1) is 15.3. The molecule has 1 fully saturated rings. The van der Waals surface area contributed by atoms with E-state index in [0.717, 1.165) is 24.8 Å². The van der Waals surface area contributed by atoms with E-state index < -0.39 is 17.3 Å². The van der Waals surface area contributed by atoms with Crippen molar-refractivity contribution in [3.8, 4) is 0 Å². The second-order valence-electron chi connectivity index (χ2n) is 5.72. The van der Waals surface area contributed by atoms with E-state index >= 15 is 0 Å². The van der Waals surface area contributed by atoms with Crippen molar-refractivity contribution in [3.63, 3.8) is 0 Å². The van der Waals surface area contributed by atoms with Gasteiger partial charge in [-0.05, 0) is 31.4 Å². The molecule has 1 amide bonds. The number of carboxylic acid groups (broad SMARTS) is 1. The standard InChI is InChI=1S/C15H21N3O3/c1-10-5-8-17-13(11(10)12(16)19)18-9-15(14(20)21)6-3-2-4-7-15/h5,8H,2-4,6-7,9H2,1H3,(H2,16,19)(H,17,18)(H,20,21). The van der Waals surface area contributed by atoms with Crippen molar-refractivity contribution in [3.05, 3.63) is 23.4 Å². The minimum Gasteiger partial charge on any atom is -0.481 e. The number of nitrogens with two attached hydrogens (primary N) is 1. The molecule has 1 heterocycles. The summed E-state index contributed by atoms with van der Waals surface area (Å²) in [6.07, 6.45) is 5.78. The van der Waals surface area contributed by atoms with Crippen molar-refractivity contribution in [2.75, 3.05) is 11.9 Å². The zero-order valence-corrected chi connectivity index (χ0v) is 12.2. The fourth-order valence-electron chi connectivity index (χ4n) is 2.95. The fraction of sp³-hybridized carbons (Fsp3) is 0.533. The van der Waals surface area contributed by atoms with Crippen LogP contribution in [0.3, 0.4) is 0 Å². The molecule has 0 aliphatic heterocycles. The van der Waals surface area contributed by atoms with Crippen LogP contribution in [0.5, 0.6) is 0 Å². The van der Waals surface area contributed by atoms with Gasteiger partial charge in [0, 0.05) is 12.7 Å². The third kappa shape index (κ3) is 3.15. The molecule has 0 bridgehead atoms. The molecular weight excluding hydrogens is 270 g/mol. The summed E-state index contributed by atoms with van der Waals surface area (Å²) in [7, 11) is 0. The molecule has 1 saturated carbocycles. The van der Waals surface area contributed by atoms with Gasteiger partial charge < -0.3 is 16.2 Å². The predicted molar refractivity (Wildman–Crippen MR) is 79.1 cm³/mol. The fourth-order valence-corrected chi connectivity index (χ4v) is 2.95. The molecule has 0 aromatic carbocycles. The maximum Gasteiger partial charge on any atom is 0.311 e. The van der Waals surface area contributed by atoms with Crippen molar-refractivity contribution in [2.45, 2.75) is 39.0 Å². The van der Waals surface area contributed by atoms with Gasteiger partial charge in [0.25, 0.3) is 5.91 Å². The molecule has 1 aromatic rings. The molecule has 4 N–H and O–H groups in total. The maximum absolute atomic E-state index is 11.6. The van der Waals surface area contributed by atoms with Gasteiger partial charge in [-0.1, -0.05) is 19.3 Å². The SMILES string of the molecule is Cc1ccnc(NCC2(C(=O)O)CCCCC2)c1C(N)=O. The lowest BCUT2D eigenvalue weighted by molar-refractivity contribution is -0.150. The van der Waals surface area contributed by atoms with E-state index in [9.17, 15) is 14.7 Å². The number of aromatic nitrogens is 1. The highest BCUT2D eigenvalue weighted by Gasteiger charge is 2.39. The Hall–Kier alpha value is -2.11. The lowest BCUT2D eigenvalue weighted by Crippen LogP contribution is -2.40. The van der Waals surface area contributed by atoms with Gasteiger partial charge in [0.05, 0.1) is 11.0 Å². The number of primary amides is 1. The first-order valence-corrected chi connectivity index (χ1v) is 7.19. The summed E-state index contributed by atoms with van der Waals surface area (Å²) in [6, 6.07) is 1.71. The van der Waals surface area contributed by atoms with Crippen molar-refractivity contribution in [2.24, 2.45) is 11.1 Å². The summed E-state index contributed by atoms with van der Waals surface area (Å²) in [5.74, 6) is -0.979. The topological polar surface area (TPSA) is 105 Å². The molecule has 1 aromatic heterocycles. The summed E-state index contributed by atoms with van der Waals surface area (Å²) in [5.41, 5.74) is 5.66. The van der Waals surface area contributed by atoms with Crippen molar-refractivity contribution in [1.82, 2.24) is 4.98 Å². The van der Waals surface area contributed by atoms with Gasteiger partial charge in [-0.15, -0.1) is 0 Å². The van der Waals surface area contributed by atoms with E-state index in [2.05, 4.69) is 10.3 Å². The Kier molecular flexibility index (Phi) is 4.45. The predicted octanol–water partition coefficient (Wildman–Crippen LogP) is 1.94. The number of hydrogen-bond acceptors (Lipinski definition) is 4. The number of anilines is 1. The molecule has 6 nitrogen and oxygen atoms in total. The Balaban J connectivity index is 2.20. The number of carbonyl (C=O) groups is 2. The Morgan fingerprint density at radius 1 is 1.38 bits per heavy atom. The maximum atomic E-state index is 11.6. The van der Waals surface area contributed by atoms with E-state index in [0.29, 0.717) is 24.2 Å². The van der Waals surface area contributed by atoms with Crippen molar-refractivity contribution >= 4 is 17.7 Å². The second kappa shape index (κ2) is 6.11. The zero-order chi connectivity index (χ0) is 15.5. The van der Waals surface area contributed by atoms with Crippen LogP contribution in [0.4, 0.5) is 5.82 Å². The smallest absolute Gasteiger partial charge is 0.311 e. The molecule has 21 heavy (non-hydrogen) atoms. The molecular formula is C15H21N3O3. The number of nitrogens with one attached hydrogen (secondary N) is 1. The average Bonchev–Trinajstić information content (AvgIpc) is 2.45. The van der Waals surface area contributed by atoms with Gasteiger partial charge in [0.2, 0.25) is 0 Å². The summed E-state index contributed by atoms with van der Waals surface area (Å²) < 4.78 is 0. The molecule has 0 saturated heterocycles. The van der Waals surface area contributed by atoms with Gasteiger partial charge in [-0.25, -0.2) is 4.98 Å². The van der Waals surface area contributed by atoms with E-state index in [4.69, 9.17) is 5.73 Å². The molecule has 1 aliphatic carbocycles. The molecule has 0 atom stereocenters. The zero-order valence-electron chi connectivity index (χ0n) is 12.2. The monoisotopic (exact) mass is 291 g/mol. The van der Waals surface area contributed by atoms with Crippen LogP contribution in [0.1, 0.15) is 48.0 Å². The first-order valence-electron chi connectivity index (χ1n) is 7.19. The number of carbonyl (C=O) groups excluding carboxylic acids is 1. The van der Waals surface area contributed by atoms with Crippen LogP contribution in [0, 0.1) is 12.3 Å². The number of rotatable bonds is 5. The highest BCUT2D eigenvalue weighted by molar-refractivity contribution is 5.99. The Bertz CT molecular complexity index is 551. The van der Waals surface area contributed by atoms with E-state index in [1.54, 1.807) is 19.2 Å². The number of carboxylic acids is 1. The van der Waals surface area contributed by atoms with Gasteiger partial charge in [0.1, 0.15) is 5.82 Å². The molecule has 1 aliphatic rings. The van der Waals surface area contributed by atoms with E-state index in [1.165, 1.54) is 0 Å². The van der Waals surface area contributed by atoms with Crippen LogP contribution in [-0.4, -0.2) is 28.5 Å². The van der Waals surface area contributed by atoms with E-state index in [-0.39, 0.29) is 6.54 Å². The van der Waals surface area contributed by atoms with Crippen LogP contribution in [0.25, 0.3) is 0 Å². The summed E-state index contributed by atoms with van der Waals surface area (Å²) in [5, 5.41) is 12.6. The Labute approximate surface area is 123 Å². The molecule has 0 spiro atoms. The number of aryl methyl sites for hydroxylation is 1. The van der Waals surface area contributed by atoms with Crippen LogP contribution in [0.15, 0.2) is 12.3 Å². The van der Waals surface area contributed by atoms with Crippen LogP contribution >= 0.6 is 0 Å². The normalized spacial score (nSPS) is 17.2. The summed E-state index contributed by atoms with van der Waals surface area (Å²) in [4.78, 5) is 27.3. The average molecular weight is 291 g/mol. The van der Waals surface area contributed by atoms with E-state index in [1.807, 2.05) is 0 Å². The molecule has 0 unspecified atom stereocenters. The number of hydrogen-bond donors (Lipinski definition) is 3. The van der Waals surface area contributed by atoms with Gasteiger partial charge in [0.15, 0.2) is 0 Å². The quantitative estimate of drug-likeness (QED) is 0.768. The van der Waals surface area contributed by atoms with Gasteiger partial charge in [-0.3, -0.25) is 9.59 Å². The second-order valence-corrected chi connectivity index (χ2v) is 5.72. The lowest BCUT2D eigenvalue weighted by atomic mass is 9.74. The Morgan fingerprint density at radius 3 is 2.62 bits per heavy atom. The molecule has 6 heteroatoms. The summed E-state index contributed by atoms with van der Waals surface area (Å²) >= 11 is 0.